The van der Waals surface area contributed by atoms with Crippen LogP contribution < -0.4 is 5.73 Å². The van der Waals surface area contributed by atoms with E-state index in [1.807, 2.05) is 13.0 Å². The molecule has 0 spiro atoms. The van der Waals surface area contributed by atoms with E-state index in [9.17, 15) is 5.11 Å². The van der Waals surface area contributed by atoms with E-state index in [0.29, 0.717) is 12.2 Å². The molecule has 72 valence electrons. The van der Waals surface area contributed by atoms with E-state index >= 15 is 0 Å². The average Bonchev–Trinajstić information content (AvgIpc) is 2.11. The van der Waals surface area contributed by atoms with Gasteiger partial charge in [0.1, 0.15) is 5.82 Å². The number of halogens is 1. The largest absolute Gasteiger partial charge is 0.392 e. The molecule has 1 heterocycles. The normalized spacial score (nSPS) is 12.8. The van der Waals surface area contributed by atoms with Crippen molar-refractivity contribution in [2.75, 3.05) is 11.6 Å². The first-order chi connectivity index (χ1) is 6.15. The smallest absolute Gasteiger partial charge is 0.126 e. The second-order valence-corrected chi connectivity index (χ2v) is 3.31. The molecular formula is C9H13ClN2O. The van der Waals surface area contributed by atoms with Crippen molar-refractivity contribution in [2.24, 2.45) is 0 Å². The fourth-order valence-electron chi connectivity index (χ4n) is 1.17. The molecule has 0 aliphatic heterocycles. The number of nitrogen functional groups attached to an aromatic ring is 1. The summed E-state index contributed by atoms with van der Waals surface area (Å²) >= 11 is 5.50. The minimum absolute atomic E-state index is 0.216. The van der Waals surface area contributed by atoms with Crippen molar-refractivity contribution in [3.63, 3.8) is 0 Å². The van der Waals surface area contributed by atoms with Crippen molar-refractivity contribution >= 4 is 17.4 Å². The van der Waals surface area contributed by atoms with Crippen LogP contribution >= 0.6 is 11.6 Å². The Morgan fingerprint density at radius 3 is 2.92 bits per heavy atom. The lowest BCUT2D eigenvalue weighted by molar-refractivity contribution is 0.198. The summed E-state index contributed by atoms with van der Waals surface area (Å²) in [7, 11) is 0. The summed E-state index contributed by atoms with van der Waals surface area (Å²) in [4.78, 5) is 3.95. The molecule has 3 N–H and O–H groups in total. The van der Waals surface area contributed by atoms with Crippen molar-refractivity contribution in [1.29, 1.82) is 0 Å². The van der Waals surface area contributed by atoms with Gasteiger partial charge < -0.3 is 10.8 Å². The van der Waals surface area contributed by atoms with Crippen LogP contribution in [0.3, 0.4) is 0 Å². The molecule has 0 aromatic carbocycles. The molecule has 0 saturated heterocycles. The number of hydrogen-bond acceptors (Lipinski definition) is 3. The van der Waals surface area contributed by atoms with E-state index in [-0.39, 0.29) is 5.88 Å². The van der Waals surface area contributed by atoms with E-state index in [2.05, 4.69) is 4.98 Å². The van der Waals surface area contributed by atoms with Crippen LogP contribution in [0.15, 0.2) is 12.3 Å². The van der Waals surface area contributed by atoms with Crippen LogP contribution in [0.4, 0.5) is 5.82 Å². The SMILES string of the molecule is Cc1ccnc(N)c1CC(O)CCl. The fourth-order valence-corrected chi connectivity index (χ4v) is 1.27. The van der Waals surface area contributed by atoms with Crippen LogP contribution in [-0.2, 0) is 6.42 Å². The quantitative estimate of drug-likeness (QED) is 0.719. The molecule has 1 aromatic heterocycles. The molecular weight excluding hydrogens is 188 g/mol. The molecule has 1 rings (SSSR count). The van der Waals surface area contributed by atoms with Crippen molar-refractivity contribution in [2.45, 2.75) is 19.4 Å². The topological polar surface area (TPSA) is 59.1 Å². The maximum absolute atomic E-state index is 9.34. The van der Waals surface area contributed by atoms with Crippen molar-refractivity contribution < 1.29 is 5.11 Å². The standard InChI is InChI=1S/C9H13ClN2O/c1-6-2-3-12-9(11)8(6)4-7(13)5-10/h2-3,7,13H,4-5H2,1H3,(H2,11,12). The zero-order valence-corrected chi connectivity index (χ0v) is 8.25. The summed E-state index contributed by atoms with van der Waals surface area (Å²) in [6.45, 7) is 1.94. The Labute approximate surface area is 82.5 Å². The van der Waals surface area contributed by atoms with Gasteiger partial charge in [-0.3, -0.25) is 0 Å². The van der Waals surface area contributed by atoms with Gasteiger partial charge in [-0.15, -0.1) is 11.6 Å². The Balaban J connectivity index is 2.87. The van der Waals surface area contributed by atoms with Crippen molar-refractivity contribution in [3.8, 4) is 0 Å². The number of nitrogens with two attached hydrogens (primary N) is 1. The van der Waals surface area contributed by atoms with Gasteiger partial charge in [0.15, 0.2) is 0 Å². The first kappa shape index (κ1) is 10.3. The summed E-state index contributed by atoms with van der Waals surface area (Å²) in [6.07, 6.45) is 1.57. The maximum Gasteiger partial charge on any atom is 0.126 e. The third kappa shape index (κ3) is 2.57. The summed E-state index contributed by atoms with van der Waals surface area (Å²) in [5, 5.41) is 9.34. The molecule has 13 heavy (non-hydrogen) atoms. The molecule has 1 atom stereocenters. The van der Waals surface area contributed by atoms with E-state index in [1.54, 1.807) is 6.20 Å². The highest BCUT2D eigenvalue weighted by atomic mass is 35.5. The van der Waals surface area contributed by atoms with Crippen LogP contribution in [-0.4, -0.2) is 22.1 Å². The average molecular weight is 201 g/mol. The lowest BCUT2D eigenvalue weighted by Gasteiger charge is -2.10. The minimum Gasteiger partial charge on any atom is -0.392 e. The number of anilines is 1. The number of hydrogen-bond donors (Lipinski definition) is 2. The Morgan fingerprint density at radius 1 is 1.69 bits per heavy atom. The van der Waals surface area contributed by atoms with Gasteiger partial charge in [0.25, 0.3) is 0 Å². The summed E-state index contributed by atoms with van der Waals surface area (Å²) < 4.78 is 0. The first-order valence-corrected chi connectivity index (χ1v) is 4.62. The van der Waals surface area contributed by atoms with Gasteiger partial charge in [-0.1, -0.05) is 0 Å². The van der Waals surface area contributed by atoms with Crippen molar-refractivity contribution in [3.05, 3.63) is 23.4 Å². The number of aromatic nitrogens is 1. The Hall–Kier alpha value is -0.800. The zero-order valence-electron chi connectivity index (χ0n) is 7.50. The molecule has 0 aliphatic rings. The summed E-state index contributed by atoms with van der Waals surface area (Å²) in [6, 6.07) is 1.87. The molecule has 4 heteroatoms. The van der Waals surface area contributed by atoms with Gasteiger partial charge in [-0.25, -0.2) is 4.98 Å². The Morgan fingerprint density at radius 2 is 2.38 bits per heavy atom. The van der Waals surface area contributed by atoms with E-state index < -0.39 is 6.10 Å². The molecule has 0 saturated carbocycles. The van der Waals surface area contributed by atoms with E-state index in [0.717, 1.165) is 11.1 Å². The van der Waals surface area contributed by atoms with Gasteiger partial charge in [-0.2, -0.15) is 0 Å². The molecule has 0 radical (unpaired) electrons. The van der Waals surface area contributed by atoms with Gasteiger partial charge in [0.05, 0.1) is 6.10 Å². The molecule has 1 aromatic rings. The molecule has 0 bridgehead atoms. The highest BCUT2D eigenvalue weighted by Crippen LogP contribution is 2.15. The number of nitrogens with zero attached hydrogens (tertiary/aromatic N) is 1. The van der Waals surface area contributed by atoms with E-state index in [1.165, 1.54) is 0 Å². The zero-order chi connectivity index (χ0) is 9.84. The van der Waals surface area contributed by atoms with Crippen LogP contribution in [0.1, 0.15) is 11.1 Å². The second-order valence-electron chi connectivity index (χ2n) is 3.00. The van der Waals surface area contributed by atoms with Crippen LogP contribution in [0.2, 0.25) is 0 Å². The van der Waals surface area contributed by atoms with Gasteiger partial charge in [-0.05, 0) is 24.1 Å². The highest BCUT2D eigenvalue weighted by molar-refractivity contribution is 6.18. The fraction of sp³-hybridized carbons (Fsp3) is 0.444. The van der Waals surface area contributed by atoms with Gasteiger partial charge in [0, 0.05) is 18.5 Å². The Bertz CT molecular complexity index is 271. The highest BCUT2D eigenvalue weighted by Gasteiger charge is 2.09. The van der Waals surface area contributed by atoms with Crippen LogP contribution in [0, 0.1) is 6.92 Å². The predicted octanol–water partition coefficient (Wildman–Crippen LogP) is 1.11. The van der Waals surface area contributed by atoms with Crippen LogP contribution in [0.5, 0.6) is 0 Å². The number of aliphatic hydroxyl groups is 1. The molecule has 3 nitrogen and oxygen atoms in total. The minimum atomic E-state index is -0.549. The number of alkyl halides is 1. The lowest BCUT2D eigenvalue weighted by Crippen LogP contribution is -2.14. The van der Waals surface area contributed by atoms with Crippen LogP contribution in [0.25, 0.3) is 0 Å². The second kappa shape index (κ2) is 4.44. The number of aryl methyl sites for hydroxylation is 1. The lowest BCUT2D eigenvalue weighted by atomic mass is 10.0. The predicted molar refractivity (Wildman–Crippen MR) is 53.8 cm³/mol. The monoisotopic (exact) mass is 200 g/mol. The molecule has 0 aliphatic carbocycles. The third-order valence-corrected chi connectivity index (χ3v) is 2.30. The van der Waals surface area contributed by atoms with E-state index in [4.69, 9.17) is 17.3 Å². The van der Waals surface area contributed by atoms with Crippen molar-refractivity contribution in [1.82, 2.24) is 4.98 Å². The first-order valence-electron chi connectivity index (χ1n) is 4.09. The maximum atomic E-state index is 9.34. The number of aliphatic hydroxyl groups excluding tert-OH is 1. The number of rotatable bonds is 3. The number of pyridine rings is 1. The molecule has 1 unspecified atom stereocenters. The third-order valence-electron chi connectivity index (χ3n) is 1.94. The van der Waals surface area contributed by atoms with Gasteiger partial charge in [0.2, 0.25) is 0 Å². The summed E-state index contributed by atoms with van der Waals surface area (Å²) in [5.41, 5.74) is 7.58. The van der Waals surface area contributed by atoms with Gasteiger partial charge >= 0.3 is 0 Å². The Kier molecular flexibility index (Phi) is 3.51. The molecule has 0 fully saturated rings. The summed E-state index contributed by atoms with van der Waals surface area (Å²) in [5.74, 6) is 0.692. The molecule has 0 amide bonds.